The first-order chi connectivity index (χ1) is 12.7. The van der Waals surface area contributed by atoms with Crippen molar-refractivity contribution in [2.45, 2.75) is 12.8 Å². The zero-order valence-corrected chi connectivity index (χ0v) is 15.1. The Morgan fingerprint density at radius 3 is 2.42 bits per heavy atom. The van der Waals surface area contributed by atoms with Gasteiger partial charge in [-0.3, -0.25) is 4.68 Å². The Hall–Kier alpha value is -3.06. The third kappa shape index (κ3) is 2.97. The van der Waals surface area contributed by atoms with Crippen LogP contribution in [0.1, 0.15) is 18.5 Å². The maximum absolute atomic E-state index is 9.18. The van der Waals surface area contributed by atoms with Crippen molar-refractivity contribution in [2.75, 3.05) is 13.1 Å². The summed E-state index contributed by atoms with van der Waals surface area (Å²) in [7, 11) is 2.00. The highest BCUT2D eigenvalue weighted by Gasteiger charge is 2.32. The molecule has 1 saturated heterocycles. The number of rotatable bonds is 3. The first-order valence-electron chi connectivity index (χ1n) is 9.00. The van der Waals surface area contributed by atoms with Crippen molar-refractivity contribution in [2.24, 2.45) is 13.0 Å². The van der Waals surface area contributed by atoms with E-state index in [-0.39, 0.29) is 0 Å². The zero-order valence-electron chi connectivity index (χ0n) is 15.1. The Morgan fingerprint density at radius 1 is 0.962 bits per heavy atom. The summed E-state index contributed by atoms with van der Waals surface area (Å²) in [5, 5.41) is 13.9. The third-order valence-electron chi connectivity index (χ3n) is 5.30. The van der Waals surface area contributed by atoms with Gasteiger partial charge in [-0.2, -0.15) is 10.4 Å². The minimum Gasteiger partial charge on any atom is -0.310 e. The van der Waals surface area contributed by atoms with Crippen LogP contribution in [0.5, 0.6) is 0 Å². The van der Waals surface area contributed by atoms with Crippen molar-refractivity contribution in [3.63, 3.8) is 0 Å². The Morgan fingerprint density at radius 2 is 1.69 bits per heavy atom. The molecule has 130 valence electrons. The fourth-order valence-electron chi connectivity index (χ4n) is 3.86. The number of likely N-dealkylation sites (tertiary alicyclic amines) is 1. The minimum absolute atomic E-state index is 0.312. The molecule has 2 heterocycles. The van der Waals surface area contributed by atoms with Crippen LogP contribution in [0.2, 0.25) is 0 Å². The molecule has 3 aromatic rings. The van der Waals surface area contributed by atoms with Crippen molar-refractivity contribution in [1.29, 1.82) is 5.26 Å². The molecule has 0 bridgehead atoms. The molecule has 0 radical (unpaired) electrons. The van der Waals surface area contributed by atoms with Crippen LogP contribution >= 0.6 is 0 Å². The van der Waals surface area contributed by atoms with Gasteiger partial charge in [0.05, 0.1) is 11.4 Å². The van der Waals surface area contributed by atoms with E-state index in [1.807, 2.05) is 22.7 Å². The van der Waals surface area contributed by atoms with Crippen LogP contribution < -0.4 is 0 Å². The van der Waals surface area contributed by atoms with E-state index in [0.717, 1.165) is 30.0 Å². The van der Waals surface area contributed by atoms with E-state index < -0.39 is 0 Å². The highest BCUT2D eigenvalue weighted by molar-refractivity contribution is 5.71. The molecule has 1 fully saturated rings. The molecular weight excluding hydrogens is 320 g/mol. The molecule has 2 atom stereocenters. The van der Waals surface area contributed by atoms with Crippen molar-refractivity contribution < 1.29 is 0 Å². The largest absolute Gasteiger partial charge is 0.310 e. The van der Waals surface area contributed by atoms with E-state index in [9.17, 15) is 5.26 Å². The number of hydrogen-bond acceptors (Lipinski definition) is 3. The summed E-state index contributed by atoms with van der Waals surface area (Å²) in [6.45, 7) is 3.78. The molecule has 2 unspecified atom stereocenters. The van der Waals surface area contributed by atoms with E-state index in [4.69, 9.17) is 5.10 Å². The lowest BCUT2D eigenvalue weighted by Crippen LogP contribution is -2.13. The number of aromatic nitrogens is 2. The molecule has 1 aromatic heterocycles. The maximum Gasteiger partial charge on any atom is 0.179 e. The second-order valence-electron chi connectivity index (χ2n) is 7.11. The third-order valence-corrected chi connectivity index (χ3v) is 5.30. The molecule has 1 aliphatic rings. The second kappa shape index (κ2) is 6.68. The summed E-state index contributed by atoms with van der Waals surface area (Å²) in [5.74, 6) is 0.750. The van der Waals surface area contributed by atoms with Crippen molar-refractivity contribution in [3.05, 3.63) is 66.4 Å². The number of aryl methyl sites for hydroxylation is 1. The summed E-state index contributed by atoms with van der Waals surface area (Å²) in [4.78, 5) is 1.83. The van der Waals surface area contributed by atoms with Gasteiger partial charge in [0, 0.05) is 31.6 Å². The number of nitrogens with zero attached hydrogens (tertiary/aromatic N) is 4. The maximum atomic E-state index is 9.18. The van der Waals surface area contributed by atoms with Gasteiger partial charge in [0.1, 0.15) is 0 Å². The Labute approximate surface area is 154 Å². The fourth-order valence-corrected chi connectivity index (χ4v) is 3.86. The SMILES string of the molecule is CC1CN(C#N)CC1c1cc(-c2cccc(-c3ccccc3)c2)n(C)n1. The summed E-state index contributed by atoms with van der Waals surface area (Å²) in [5.41, 5.74) is 5.77. The Kier molecular flexibility index (Phi) is 4.22. The number of hydrogen-bond donors (Lipinski definition) is 0. The summed E-state index contributed by atoms with van der Waals surface area (Å²) < 4.78 is 1.96. The van der Waals surface area contributed by atoms with Crippen LogP contribution in [0.25, 0.3) is 22.4 Å². The van der Waals surface area contributed by atoms with Gasteiger partial charge in [-0.05, 0) is 29.2 Å². The molecule has 26 heavy (non-hydrogen) atoms. The summed E-state index contributed by atoms with van der Waals surface area (Å²) in [6, 6.07) is 21.2. The van der Waals surface area contributed by atoms with Crippen molar-refractivity contribution >= 4 is 0 Å². The van der Waals surface area contributed by atoms with E-state index in [0.29, 0.717) is 11.8 Å². The zero-order chi connectivity index (χ0) is 18.1. The molecule has 4 rings (SSSR count). The van der Waals surface area contributed by atoms with Gasteiger partial charge >= 0.3 is 0 Å². The van der Waals surface area contributed by atoms with Gasteiger partial charge in [-0.15, -0.1) is 0 Å². The fraction of sp³-hybridized carbons (Fsp3) is 0.273. The van der Waals surface area contributed by atoms with E-state index in [2.05, 4.69) is 67.7 Å². The van der Waals surface area contributed by atoms with Crippen LogP contribution in [0.4, 0.5) is 0 Å². The Balaban J connectivity index is 1.68. The quantitative estimate of drug-likeness (QED) is 0.668. The molecule has 0 spiro atoms. The molecule has 0 N–H and O–H groups in total. The molecule has 1 aliphatic heterocycles. The normalized spacial score (nSPS) is 19.5. The standard InChI is InChI=1S/C22H22N4/c1-16-13-26(15-23)14-20(16)21-12-22(25(2)24-21)19-10-6-9-18(11-19)17-7-4-3-5-8-17/h3-12,16,20H,13-14H2,1-2H3. The van der Waals surface area contributed by atoms with Crippen LogP contribution in [0.15, 0.2) is 60.7 Å². The van der Waals surface area contributed by atoms with Crippen molar-refractivity contribution in [3.8, 4) is 28.6 Å². The molecule has 0 saturated carbocycles. The van der Waals surface area contributed by atoms with Gasteiger partial charge in [0.15, 0.2) is 6.19 Å². The highest BCUT2D eigenvalue weighted by Crippen LogP contribution is 2.34. The first kappa shape index (κ1) is 16.4. The van der Waals surface area contributed by atoms with Gasteiger partial charge < -0.3 is 4.90 Å². The van der Waals surface area contributed by atoms with Crippen LogP contribution in [0, 0.1) is 17.4 Å². The lowest BCUT2D eigenvalue weighted by molar-refractivity contribution is 0.465. The predicted octanol–water partition coefficient (Wildman–Crippen LogP) is 4.27. The lowest BCUT2D eigenvalue weighted by atomic mass is 9.94. The minimum atomic E-state index is 0.312. The molecule has 4 heteroatoms. The predicted molar refractivity (Wildman–Crippen MR) is 103 cm³/mol. The Bertz CT molecular complexity index is 952. The van der Waals surface area contributed by atoms with Crippen LogP contribution in [-0.4, -0.2) is 27.8 Å². The summed E-state index contributed by atoms with van der Waals surface area (Å²) in [6.07, 6.45) is 2.27. The monoisotopic (exact) mass is 342 g/mol. The molecule has 4 nitrogen and oxygen atoms in total. The molecule has 0 aliphatic carbocycles. The van der Waals surface area contributed by atoms with E-state index in [1.165, 1.54) is 11.1 Å². The number of benzene rings is 2. The average molecular weight is 342 g/mol. The topological polar surface area (TPSA) is 44.9 Å². The highest BCUT2D eigenvalue weighted by atomic mass is 15.3. The van der Waals surface area contributed by atoms with Gasteiger partial charge in [-0.1, -0.05) is 55.5 Å². The van der Waals surface area contributed by atoms with Crippen molar-refractivity contribution in [1.82, 2.24) is 14.7 Å². The first-order valence-corrected chi connectivity index (χ1v) is 9.00. The second-order valence-corrected chi connectivity index (χ2v) is 7.11. The lowest BCUT2D eigenvalue weighted by Gasteiger charge is -2.09. The molecule has 2 aromatic carbocycles. The molecule has 0 amide bonds. The average Bonchev–Trinajstić information content (AvgIpc) is 3.25. The van der Waals surface area contributed by atoms with Gasteiger partial charge in [0.2, 0.25) is 0 Å². The molecular formula is C22H22N4. The smallest absolute Gasteiger partial charge is 0.179 e. The van der Waals surface area contributed by atoms with E-state index >= 15 is 0 Å². The number of nitriles is 1. The summed E-state index contributed by atoms with van der Waals surface area (Å²) >= 11 is 0. The van der Waals surface area contributed by atoms with Gasteiger partial charge in [-0.25, -0.2) is 0 Å². The van der Waals surface area contributed by atoms with Gasteiger partial charge in [0.25, 0.3) is 0 Å². The van der Waals surface area contributed by atoms with Crippen LogP contribution in [-0.2, 0) is 7.05 Å². The van der Waals surface area contributed by atoms with Crippen LogP contribution in [0.3, 0.4) is 0 Å². The van der Waals surface area contributed by atoms with E-state index in [1.54, 1.807) is 0 Å².